The molecular formula is C11H18N2O2S. The molecule has 16 heavy (non-hydrogen) atoms. The summed E-state index contributed by atoms with van der Waals surface area (Å²) in [6.07, 6.45) is 0. The van der Waals surface area contributed by atoms with Gasteiger partial charge < -0.3 is 10.5 Å². The van der Waals surface area contributed by atoms with Crippen molar-refractivity contribution in [3.8, 4) is 0 Å². The first-order chi connectivity index (χ1) is 7.44. The molecule has 0 aliphatic carbocycles. The van der Waals surface area contributed by atoms with Crippen molar-refractivity contribution in [1.29, 1.82) is 0 Å². The summed E-state index contributed by atoms with van der Waals surface area (Å²) < 4.78 is 26.7. The molecule has 0 aromatic heterocycles. The molecule has 1 aromatic rings. The minimum atomic E-state index is -3.36. The van der Waals surface area contributed by atoms with Gasteiger partial charge in [-0.2, -0.15) is 0 Å². The Labute approximate surface area is 96.9 Å². The Morgan fingerprint density at radius 1 is 1.38 bits per heavy atom. The fourth-order valence-electron chi connectivity index (χ4n) is 1.33. The molecule has 5 heteroatoms. The van der Waals surface area contributed by atoms with Crippen LogP contribution in [-0.4, -0.2) is 20.7 Å². The van der Waals surface area contributed by atoms with Crippen LogP contribution >= 0.6 is 0 Å². The molecule has 0 aliphatic rings. The average molecular weight is 242 g/mol. The van der Waals surface area contributed by atoms with Crippen LogP contribution in [0.15, 0.2) is 24.3 Å². The van der Waals surface area contributed by atoms with Gasteiger partial charge >= 0.3 is 0 Å². The highest BCUT2D eigenvalue weighted by Gasteiger charge is 2.01. The van der Waals surface area contributed by atoms with E-state index in [4.69, 9.17) is 0 Å². The summed E-state index contributed by atoms with van der Waals surface area (Å²) in [6.45, 7) is 4.46. The number of benzene rings is 1. The lowest BCUT2D eigenvalue weighted by atomic mass is 10.0. The summed E-state index contributed by atoms with van der Waals surface area (Å²) in [5, 5.41) is 0. The summed E-state index contributed by atoms with van der Waals surface area (Å²) in [5.41, 5.74) is 5.11. The molecule has 90 valence electrons. The highest BCUT2D eigenvalue weighted by atomic mass is 32.2. The van der Waals surface area contributed by atoms with Gasteiger partial charge in [0, 0.05) is 0 Å². The lowest BCUT2D eigenvalue weighted by Gasteiger charge is -2.22. The highest BCUT2D eigenvalue weighted by molar-refractivity contribution is 7.94. The maximum atomic E-state index is 11.5. The molecule has 0 heterocycles. The molecule has 4 nitrogen and oxygen atoms in total. The Kier molecular flexibility index (Phi) is 4.32. The van der Waals surface area contributed by atoms with Gasteiger partial charge in [-0.1, -0.05) is 38.1 Å². The van der Waals surface area contributed by atoms with Crippen molar-refractivity contribution >= 4 is 15.7 Å². The van der Waals surface area contributed by atoms with E-state index in [1.54, 1.807) is 6.07 Å². The van der Waals surface area contributed by atoms with E-state index in [-0.39, 0.29) is 5.75 Å². The summed E-state index contributed by atoms with van der Waals surface area (Å²) >= 11 is 0. The van der Waals surface area contributed by atoms with Gasteiger partial charge in [-0.15, -0.1) is 5.69 Å². The second-order valence-corrected chi connectivity index (χ2v) is 5.74. The van der Waals surface area contributed by atoms with E-state index in [0.29, 0.717) is 18.2 Å². The zero-order chi connectivity index (χ0) is 12.2. The second-order valence-electron chi connectivity index (χ2n) is 3.98. The Morgan fingerprint density at radius 3 is 2.62 bits per heavy atom. The topological polar surface area (TPSA) is 75.9 Å². The van der Waals surface area contributed by atoms with E-state index in [1.165, 1.54) is 0 Å². The minimum Gasteiger partial charge on any atom is -0.577 e. The van der Waals surface area contributed by atoms with Crippen LogP contribution in [0, 0.1) is 0 Å². The Bertz CT molecular complexity index is 441. The molecule has 0 aliphatic heterocycles. The Morgan fingerprint density at radius 2 is 2.06 bits per heavy atom. The predicted octanol–water partition coefficient (Wildman–Crippen LogP) is 1.39. The summed E-state index contributed by atoms with van der Waals surface area (Å²) in [6, 6.07) is 7.31. The maximum absolute atomic E-state index is 11.5. The third kappa shape index (κ3) is 3.83. The number of quaternary nitrogens is 1. The number of hydrogen-bond donors (Lipinski definition) is 1. The monoisotopic (exact) mass is 242 g/mol. The Balaban J connectivity index is 2.86. The van der Waals surface area contributed by atoms with Crippen LogP contribution in [0.2, 0.25) is 0 Å². The smallest absolute Gasteiger partial charge is 0.0993 e. The van der Waals surface area contributed by atoms with Crippen LogP contribution in [0.3, 0.4) is 0 Å². The fraction of sp³-hybridized carbons (Fsp3) is 0.455. The van der Waals surface area contributed by atoms with Crippen LogP contribution in [-0.2, 0) is 10.0 Å². The third-order valence-corrected chi connectivity index (χ3v) is 3.48. The molecule has 0 unspecified atom stereocenters. The largest absolute Gasteiger partial charge is 0.577 e. The number of hydrogen-bond acceptors (Lipinski definition) is 2. The van der Waals surface area contributed by atoms with Crippen LogP contribution in [0.5, 0.6) is 0 Å². The van der Waals surface area contributed by atoms with Crippen molar-refractivity contribution in [1.82, 2.24) is 0 Å². The molecule has 0 amide bonds. The predicted molar refractivity (Wildman–Crippen MR) is 65.1 cm³/mol. The van der Waals surface area contributed by atoms with Gasteiger partial charge in [0.2, 0.25) is 0 Å². The van der Waals surface area contributed by atoms with Gasteiger partial charge in [-0.25, -0.2) is 8.42 Å². The average Bonchev–Trinajstić information content (AvgIpc) is 2.17. The van der Waals surface area contributed by atoms with Crippen molar-refractivity contribution in [2.24, 2.45) is 0 Å². The molecule has 0 bridgehead atoms. The van der Waals surface area contributed by atoms with E-state index in [1.807, 2.05) is 18.2 Å². The maximum Gasteiger partial charge on any atom is 0.0993 e. The molecule has 3 N–H and O–H groups in total. The van der Waals surface area contributed by atoms with Crippen molar-refractivity contribution in [2.75, 3.05) is 12.3 Å². The zero-order valence-corrected chi connectivity index (χ0v) is 10.5. The SMILES string of the molecule is CC(C)c1cccc([N-]S(=O)(=O)CC[NH3+])c1. The first-order valence-corrected chi connectivity index (χ1v) is 6.90. The fourth-order valence-corrected chi connectivity index (χ4v) is 2.22. The minimum absolute atomic E-state index is 0.00109. The van der Waals surface area contributed by atoms with Crippen LogP contribution in [0.4, 0.5) is 5.69 Å². The summed E-state index contributed by atoms with van der Waals surface area (Å²) in [5.74, 6) is 0.365. The first kappa shape index (κ1) is 13.0. The molecular weight excluding hydrogens is 224 g/mol. The van der Waals surface area contributed by atoms with Crippen molar-refractivity contribution < 1.29 is 14.2 Å². The normalized spacial score (nSPS) is 11.8. The number of rotatable bonds is 5. The van der Waals surface area contributed by atoms with E-state index < -0.39 is 10.0 Å². The van der Waals surface area contributed by atoms with Crippen molar-refractivity contribution in [2.45, 2.75) is 19.8 Å². The molecule has 0 radical (unpaired) electrons. The molecule has 1 aromatic carbocycles. The molecule has 0 saturated heterocycles. The standard InChI is InChI=1S/C11H17N2O2S/c1-9(2)10-4-3-5-11(8-10)13-16(14,15)7-6-12/h3-5,8-9H,6-7,12H2,1-2H3/q-1/p+1. The molecule has 1 rings (SSSR count). The number of sulfonamides is 1. The van der Waals surface area contributed by atoms with Gasteiger partial charge in [0.05, 0.1) is 22.3 Å². The highest BCUT2D eigenvalue weighted by Crippen LogP contribution is 2.26. The first-order valence-electron chi connectivity index (χ1n) is 5.29. The van der Waals surface area contributed by atoms with Crippen molar-refractivity contribution in [3.05, 3.63) is 34.6 Å². The van der Waals surface area contributed by atoms with Gasteiger partial charge in [-0.05, 0) is 11.5 Å². The molecule has 0 fully saturated rings. The van der Waals surface area contributed by atoms with Gasteiger partial charge in [-0.3, -0.25) is 0 Å². The molecule has 0 saturated carbocycles. The summed E-state index contributed by atoms with van der Waals surface area (Å²) in [7, 11) is -3.36. The van der Waals surface area contributed by atoms with E-state index in [2.05, 4.69) is 24.3 Å². The lowest BCUT2D eigenvalue weighted by Crippen LogP contribution is -2.52. The van der Waals surface area contributed by atoms with Gasteiger partial charge in [0.1, 0.15) is 0 Å². The van der Waals surface area contributed by atoms with E-state index in [9.17, 15) is 8.42 Å². The number of nitrogens with zero attached hydrogens (tertiary/aromatic N) is 1. The lowest BCUT2D eigenvalue weighted by molar-refractivity contribution is -0.360. The quantitative estimate of drug-likeness (QED) is 0.847. The van der Waals surface area contributed by atoms with E-state index >= 15 is 0 Å². The van der Waals surface area contributed by atoms with Crippen molar-refractivity contribution in [3.63, 3.8) is 0 Å². The van der Waals surface area contributed by atoms with Crippen LogP contribution < -0.4 is 5.73 Å². The summed E-state index contributed by atoms with van der Waals surface area (Å²) in [4.78, 5) is 0. The Hall–Kier alpha value is -1.07. The van der Waals surface area contributed by atoms with Crippen LogP contribution in [0.1, 0.15) is 25.3 Å². The van der Waals surface area contributed by atoms with Gasteiger partial charge in [0.15, 0.2) is 0 Å². The van der Waals surface area contributed by atoms with Gasteiger partial charge in [0.25, 0.3) is 0 Å². The second kappa shape index (κ2) is 5.32. The third-order valence-electron chi connectivity index (χ3n) is 2.18. The zero-order valence-electron chi connectivity index (χ0n) is 9.68. The molecule has 0 spiro atoms. The molecule has 0 atom stereocenters. The van der Waals surface area contributed by atoms with Crippen LogP contribution in [0.25, 0.3) is 4.72 Å². The van der Waals surface area contributed by atoms with E-state index in [0.717, 1.165) is 5.56 Å².